The van der Waals surface area contributed by atoms with Gasteiger partial charge in [0.05, 0.1) is 6.54 Å². The van der Waals surface area contributed by atoms with E-state index in [4.69, 9.17) is 0 Å². The molecule has 0 aromatic carbocycles. The standard InChI is InChI=1S/C15H26N2O/c18-15(17-6-2-1-3-7-17)11-16-10-14-9-12-4-5-13(14)8-12/h12-14,16H,1-11H2. The van der Waals surface area contributed by atoms with Gasteiger partial charge in [0.15, 0.2) is 0 Å². The summed E-state index contributed by atoms with van der Waals surface area (Å²) in [5.41, 5.74) is 0. The largest absolute Gasteiger partial charge is 0.342 e. The summed E-state index contributed by atoms with van der Waals surface area (Å²) in [6.07, 6.45) is 9.46. The van der Waals surface area contributed by atoms with E-state index >= 15 is 0 Å². The van der Waals surface area contributed by atoms with Gasteiger partial charge in [-0.2, -0.15) is 0 Å². The topological polar surface area (TPSA) is 32.3 Å². The zero-order valence-corrected chi connectivity index (χ0v) is 11.4. The minimum atomic E-state index is 0.317. The molecule has 1 saturated heterocycles. The molecule has 1 amide bonds. The van der Waals surface area contributed by atoms with Crippen LogP contribution >= 0.6 is 0 Å². The van der Waals surface area contributed by atoms with Gasteiger partial charge in [-0.3, -0.25) is 4.79 Å². The highest BCUT2D eigenvalue weighted by atomic mass is 16.2. The van der Waals surface area contributed by atoms with Gasteiger partial charge in [0.1, 0.15) is 0 Å². The molecule has 2 bridgehead atoms. The average Bonchev–Trinajstić information content (AvgIpc) is 3.02. The first-order valence-corrected chi connectivity index (χ1v) is 7.81. The molecule has 3 heteroatoms. The predicted molar refractivity (Wildman–Crippen MR) is 72.2 cm³/mol. The fourth-order valence-electron chi connectivity index (χ4n) is 4.25. The second-order valence-corrected chi connectivity index (χ2v) is 6.51. The minimum Gasteiger partial charge on any atom is -0.342 e. The molecular formula is C15H26N2O. The number of nitrogens with zero attached hydrogens (tertiary/aromatic N) is 1. The first-order chi connectivity index (χ1) is 8.83. The van der Waals surface area contributed by atoms with E-state index in [9.17, 15) is 4.79 Å². The first-order valence-electron chi connectivity index (χ1n) is 7.81. The summed E-state index contributed by atoms with van der Waals surface area (Å²) in [7, 11) is 0. The summed E-state index contributed by atoms with van der Waals surface area (Å²) in [5.74, 6) is 3.16. The Morgan fingerprint density at radius 1 is 1.11 bits per heavy atom. The molecule has 3 rings (SSSR count). The number of rotatable bonds is 4. The molecule has 3 unspecified atom stereocenters. The van der Waals surface area contributed by atoms with Crippen LogP contribution in [0.25, 0.3) is 0 Å². The van der Waals surface area contributed by atoms with Gasteiger partial charge < -0.3 is 10.2 Å². The Labute approximate surface area is 110 Å². The van der Waals surface area contributed by atoms with Crippen molar-refractivity contribution in [2.45, 2.75) is 44.9 Å². The Morgan fingerprint density at radius 2 is 1.94 bits per heavy atom. The zero-order chi connectivity index (χ0) is 12.4. The van der Waals surface area contributed by atoms with Crippen LogP contribution in [0.5, 0.6) is 0 Å². The lowest BCUT2D eigenvalue weighted by Crippen LogP contribution is -2.42. The van der Waals surface area contributed by atoms with Crippen LogP contribution in [0.2, 0.25) is 0 Å². The van der Waals surface area contributed by atoms with E-state index in [1.165, 1.54) is 44.9 Å². The molecule has 18 heavy (non-hydrogen) atoms. The number of fused-ring (bicyclic) bond motifs is 2. The smallest absolute Gasteiger partial charge is 0.236 e. The fourth-order valence-corrected chi connectivity index (χ4v) is 4.25. The van der Waals surface area contributed by atoms with Crippen molar-refractivity contribution in [2.75, 3.05) is 26.2 Å². The number of carbonyl (C=O) groups is 1. The number of amides is 1. The Hall–Kier alpha value is -0.570. The maximum absolute atomic E-state index is 12.0. The minimum absolute atomic E-state index is 0.317. The molecule has 3 atom stereocenters. The number of nitrogens with one attached hydrogen (secondary N) is 1. The molecule has 2 aliphatic carbocycles. The van der Waals surface area contributed by atoms with E-state index in [0.717, 1.165) is 37.4 Å². The molecule has 3 fully saturated rings. The number of carbonyl (C=O) groups excluding carboxylic acids is 1. The Balaban J connectivity index is 1.35. The second kappa shape index (κ2) is 5.60. The molecule has 0 spiro atoms. The van der Waals surface area contributed by atoms with Gasteiger partial charge in [-0.15, -0.1) is 0 Å². The molecule has 2 saturated carbocycles. The third-order valence-electron chi connectivity index (χ3n) is 5.28. The summed E-state index contributed by atoms with van der Waals surface area (Å²) >= 11 is 0. The fraction of sp³-hybridized carbons (Fsp3) is 0.933. The third kappa shape index (κ3) is 2.71. The van der Waals surface area contributed by atoms with Crippen molar-refractivity contribution in [1.29, 1.82) is 0 Å². The first kappa shape index (κ1) is 12.5. The molecular weight excluding hydrogens is 224 g/mol. The van der Waals surface area contributed by atoms with Gasteiger partial charge in [-0.05, 0) is 62.8 Å². The van der Waals surface area contributed by atoms with Gasteiger partial charge in [0, 0.05) is 13.1 Å². The number of hydrogen-bond acceptors (Lipinski definition) is 2. The molecule has 1 aliphatic heterocycles. The van der Waals surface area contributed by atoms with Crippen molar-refractivity contribution in [3.8, 4) is 0 Å². The van der Waals surface area contributed by atoms with E-state index in [1.54, 1.807) is 0 Å². The van der Waals surface area contributed by atoms with Crippen LogP contribution in [0.1, 0.15) is 44.9 Å². The lowest BCUT2D eigenvalue weighted by atomic mass is 9.89. The maximum atomic E-state index is 12.0. The van der Waals surface area contributed by atoms with Gasteiger partial charge >= 0.3 is 0 Å². The molecule has 1 N–H and O–H groups in total. The summed E-state index contributed by atoms with van der Waals surface area (Å²) < 4.78 is 0. The van der Waals surface area contributed by atoms with E-state index in [2.05, 4.69) is 5.32 Å². The summed E-state index contributed by atoms with van der Waals surface area (Å²) in [6.45, 7) is 3.60. The lowest BCUT2D eigenvalue weighted by Gasteiger charge is -2.27. The predicted octanol–water partition coefficient (Wildman–Crippen LogP) is 2.02. The van der Waals surface area contributed by atoms with E-state index in [0.29, 0.717) is 12.5 Å². The molecule has 3 aliphatic rings. The van der Waals surface area contributed by atoms with Crippen LogP contribution in [-0.2, 0) is 4.79 Å². The van der Waals surface area contributed by atoms with Crippen molar-refractivity contribution in [2.24, 2.45) is 17.8 Å². The quantitative estimate of drug-likeness (QED) is 0.828. The van der Waals surface area contributed by atoms with Crippen LogP contribution in [0.4, 0.5) is 0 Å². The van der Waals surface area contributed by atoms with Crippen molar-refractivity contribution in [3.63, 3.8) is 0 Å². The van der Waals surface area contributed by atoms with Crippen LogP contribution < -0.4 is 5.32 Å². The second-order valence-electron chi connectivity index (χ2n) is 6.51. The van der Waals surface area contributed by atoms with Gasteiger partial charge in [0.2, 0.25) is 5.91 Å². The van der Waals surface area contributed by atoms with Crippen LogP contribution in [0.3, 0.4) is 0 Å². The highest BCUT2D eigenvalue weighted by molar-refractivity contribution is 5.78. The van der Waals surface area contributed by atoms with Crippen LogP contribution in [-0.4, -0.2) is 37.0 Å². The number of hydrogen-bond donors (Lipinski definition) is 1. The lowest BCUT2D eigenvalue weighted by molar-refractivity contribution is -0.131. The Bertz CT molecular complexity index is 299. The van der Waals surface area contributed by atoms with Crippen molar-refractivity contribution >= 4 is 5.91 Å². The number of likely N-dealkylation sites (tertiary alicyclic amines) is 1. The normalized spacial score (nSPS) is 35.1. The Kier molecular flexibility index (Phi) is 3.88. The highest BCUT2D eigenvalue weighted by Gasteiger charge is 2.38. The van der Waals surface area contributed by atoms with E-state index in [1.807, 2.05) is 4.90 Å². The van der Waals surface area contributed by atoms with E-state index in [-0.39, 0.29) is 0 Å². The summed E-state index contributed by atoms with van der Waals surface area (Å²) in [6, 6.07) is 0. The van der Waals surface area contributed by atoms with Gasteiger partial charge in [-0.1, -0.05) is 6.42 Å². The van der Waals surface area contributed by atoms with Crippen molar-refractivity contribution in [1.82, 2.24) is 10.2 Å². The molecule has 0 radical (unpaired) electrons. The SMILES string of the molecule is O=C(CNCC1CC2CCC1C2)N1CCCCC1. The molecule has 3 nitrogen and oxygen atoms in total. The van der Waals surface area contributed by atoms with Gasteiger partial charge in [0.25, 0.3) is 0 Å². The summed E-state index contributed by atoms with van der Waals surface area (Å²) in [4.78, 5) is 14.0. The maximum Gasteiger partial charge on any atom is 0.236 e. The van der Waals surface area contributed by atoms with Crippen LogP contribution in [0, 0.1) is 17.8 Å². The zero-order valence-electron chi connectivity index (χ0n) is 11.4. The monoisotopic (exact) mass is 250 g/mol. The third-order valence-corrected chi connectivity index (χ3v) is 5.28. The molecule has 1 heterocycles. The highest BCUT2D eigenvalue weighted by Crippen LogP contribution is 2.47. The van der Waals surface area contributed by atoms with Crippen LogP contribution in [0.15, 0.2) is 0 Å². The summed E-state index contributed by atoms with van der Waals surface area (Å²) in [5, 5.41) is 3.42. The van der Waals surface area contributed by atoms with Crippen molar-refractivity contribution < 1.29 is 4.79 Å². The van der Waals surface area contributed by atoms with Gasteiger partial charge in [-0.25, -0.2) is 0 Å². The molecule has 102 valence electrons. The average molecular weight is 250 g/mol. The molecule has 0 aromatic heterocycles. The molecule has 0 aromatic rings. The van der Waals surface area contributed by atoms with E-state index < -0.39 is 0 Å². The van der Waals surface area contributed by atoms with Crippen molar-refractivity contribution in [3.05, 3.63) is 0 Å². The number of piperidine rings is 1. The Morgan fingerprint density at radius 3 is 2.61 bits per heavy atom.